The molecule has 0 fully saturated rings. The first kappa shape index (κ1) is 18.5. The largest absolute Gasteiger partial charge is 0.435 e. The Morgan fingerprint density at radius 3 is 2.41 bits per heavy atom. The number of anilines is 1. The molecule has 3 rings (SSSR count). The third kappa shape index (κ3) is 3.78. The zero-order valence-electron chi connectivity index (χ0n) is 13.7. The predicted molar refractivity (Wildman–Crippen MR) is 85.8 cm³/mol. The molecule has 1 N–H and O–H groups in total. The van der Waals surface area contributed by atoms with Gasteiger partial charge in [0.15, 0.2) is 5.69 Å². The predicted octanol–water partition coefficient (Wildman–Crippen LogP) is 4.03. The number of aryl methyl sites for hydroxylation is 1. The van der Waals surface area contributed by atoms with Crippen LogP contribution in [0.1, 0.15) is 16.1 Å². The number of hydrogen-bond acceptors (Lipinski definition) is 3. The van der Waals surface area contributed by atoms with Gasteiger partial charge >= 0.3 is 6.18 Å². The summed E-state index contributed by atoms with van der Waals surface area (Å²) >= 11 is 0. The van der Waals surface area contributed by atoms with Crippen LogP contribution < -0.4 is 5.32 Å². The minimum absolute atomic E-state index is 0.140. The average Bonchev–Trinajstić information content (AvgIpc) is 2.97. The van der Waals surface area contributed by atoms with Gasteiger partial charge in [-0.2, -0.15) is 22.7 Å². The second-order valence-corrected chi connectivity index (χ2v) is 5.51. The Kier molecular flexibility index (Phi) is 4.64. The Labute approximate surface area is 149 Å². The first-order valence-electron chi connectivity index (χ1n) is 7.51. The summed E-state index contributed by atoms with van der Waals surface area (Å²) in [4.78, 5) is 15.5. The van der Waals surface area contributed by atoms with Crippen molar-refractivity contribution in [3.63, 3.8) is 0 Å². The summed E-state index contributed by atoms with van der Waals surface area (Å²) in [6, 6.07) is 8.22. The number of amides is 1. The summed E-state index contributed by atoms with van der Waals surface area (Å²) < 4.78 is 67.0. The highest BCUT2D eigenvalue weighted by Gasteiger charge is 2.35. The minimum atomic E-state index is -4.67. The lowest BCUT2D eigenvalue weighted by Crippen LogP contribution is -2.15. The monoisotopic (exact) mass is 382 g/mol. The molecule has 5 nitrogen and oxygen atoms in total. The van der Waals surface area contributed by atoms with E-state index in [-0.39, 0.29) is 22.6 Å². The van der Waals surface area contributed by atoms with E-state index in [1.807, 2.05) is 0 Å². The number of hydrogen-bond donors (Lipinski definition) is 1. The van der Waals surface area contributed by atoms with Crippen molar-refractivity contribution < 1.29 is 26.7 Å². The minimum Gasteiger partial charge on any atom is -0.306 e. The Morgan fingerprint density at radius 2 is 1.81 bits per heavy atom. The molecule has 0 unspecified atom stereocenters. The van der Waals surface area contributed by atoms with E-state index in [1.165, 1.54) is 31.3 Å². The first-order chi connectivity index (χ1) is 12.7. The topological polar surface area (TPSA) is 59.8 Å². The van der Waals surface area contributed by atoms with E-state index in [0.717, 1.165) is 16.8 Å². The van der Waals surface area contributed by atoms with Crippen molar-refractivity contribution in [1.29, 1.82) is 0 Å². The molecule has 0 spiro atoms. The lowest BCUT2D eigenvalue weighted by atomic mass is 10.2. The molecule has 0 bridgehead atoms. The van der Waals surface area contributed by atoms with Gasteiger partial charge in [0.25, 0.3) is 5.91 Å². The van der Waals surface area contributed by atoms with Gasteiger partial charge in [-0.05, 0) is 30.3 Å². The number of pyridine rings is 1. The highest BCUT2D eigenvalue weighted by atomic mass is 19.4. The molecule has 2 aromatic heterocycles. The molecule has 0 aliphatic rings. The maximum absolute atomic E-state index is 14.3. The molecular weight excluding hydrogens is 371 g/mol. The molecular formula is C17H11F5N4O. The molecule has 1 amide bonds. The molecule has 2 heterocycles. The van der Waals surface area contributed by atoms with E-state index in [0.29, 0.717) is 6.07 Å². The summed E-state index contributed by atoms with van der Waals surface area (Å²) in [5, 5.41) is 5.54. The highest BCUT2D eigenvalue weighted by Crippen LogP contribution is 2.32. The van der Waals surface area contributed by atoms with Crippen LogP contribution in [0.5, 0.6) is 0 Å². The number of benzene rings is 1. The number of carbonyl (C=O) groups is 1. The SMILES string of the molecule is Cn1nc(C(F)(F)F)cc1-c1ccc(NC(=O)c2ccccc2F)nc1F. The molecule has 0 aliphatic carbocycles. The van der Waals surface area contributed by atoms with Crippen molar-refractivity contribution >= 4 is 11.7 Å². The van der Waals surface area contributed by atoms with E-state index in [9.17, 15) is 26.7 Å². The van der Waals surface area contributed by atoms with Gasteiger partial charge in [-0.15, -0.1) is 0 Å². The van der Waals surface area contributed by atoms with Gasteiger partial charge in [0, 0.05) is 7.05 Å². The van der Waals surface area contributed by atoms with Gasteiger partial charge < -0.3 is 5.32 Å². The van der Waals surface area contributed by atoms with Crippen molar-refractivity contribution in [2.24, 2.45) is 7.05 Å². The van der Waals surface area contributed by atoms with Crippen LogP contribution in [0.3, 0.4) is 0 Å². The second-order valence-electron chi connectivity index (χ2n) is 5.51. The van der Waals surface area contributed by atoms with Crippen molar-refractivity contribution in [2.75, 3.05) is 5.32 Å². The van der Waals surface area contributed by atoms with Crippen LogP contribution in [-0.4, -0.2) is 20.7 Å². The summed E-state index contributed by atoms with van der Waals surface area (Å²) in [7, 11) is 1.23. The number of aromatic nitrogens is 3. The van der Waals surface area contributed by atoms with Crippen LogP contribution in [0.2, 0.25) is 0 Å². The lowest BCUT2D eigenvalue weighted by molar-refractivity contribution is -0.141. The molecule has 10 heteroatoms. The number of nitrogens with one attached hydrogen (secondary N) is 1. The highest BCUT2D eigenvalue weighted by molar-refractivity contribution is 6.03. The van der Waals surface area contributed by atoms with E-state index >= 15 is 0 Å². The third-order valence-corrected chi connectivity index (χ3v) is 3.66. The van der Waals surface area contributed by atoms with Crippen LogP contribution in [0, 0.1) is 11.8 Å². The second kappa shape index (κ2) is 6.78. The number of halogens is 5. The summed E-state index contributed by atoms with van der Waals surface area (Å²) in [6.07, 6.45) is -4.67. The Hall–Kier alpha value is -3.30. The molecule has 0 saturated carbocycles. The normalized spacial score (nSPS) is 11.5. The van der Waals surface area contributed by atoms with Gasteiger partial charge in [0.1, 0.15) is 11.6 Å². The first-order valence-corrected chi connectivity index (χ1v) is 7.51. The van der Waals surface area contributed by atoms with Gasteiger partial charge in [0.2, 0.25) is 5.95 Å². The average molecular weight is 382 g/mol. The standard InChI is InChI=1S/C17H11F5N4O/c1-26-12(8-13(25-26)17(20,21)22)10-6-7-14(23-15(10)19)24-16(27)9-4-2-3-5-11(9)18/h2-8H,1H3,(H,23,24,27). The lowest BCUT2D eigenvalue weighted by Gasteiger charge is -2.08. The Morgan fingerprint density at radius 1 is 1.11 bits per heavy atom. The van der Waals surface area contributed by atoms with Crippen molar-refractivity contribution in [2.45, 2.75) is 6.18 Å². The fraction of sp³-hybridized carbons (Fsp3) is 0.118. The number of nitrogens with zero attached hydrogens (tertiary/aromatic N) is 3. The van der Waals surface area contributed by atoms with Crippen molar-refractivity contribution in [3.05, 3.63) is 65.5 Å². The molecule has 1 aromatic carbocycles. The molecule has 0 aliphatic heterocycles. The van der Waals surface area contributed by atoms with Crippen LogP contribution in [0.15, 0.2) is 42.5 Å². The fourth-order valence-corrected chi connectivity index (χ4v) is 2.38. The zero-order valence-corrected chi connectivity index (χ0v) is 13.7. The number of rotatable bonds is 3. The number of carbonyl (C=O) groups excluding carboxylic acids is 1. The smallest absolute Gasteiger partial charge is 0.306 e. The molecule has 0 atom stereocenters. The van der Waals surface area contributed by atoms with Gasteiger partial charge in [0.05, 0.1) is 16.8 Å². The molecule has 140 valence electrons. The summed E-state index contributed by atoms with van der Waals surface area (Å²) in [5.74, 6) is -2.94. The van der Waals surface area contributed by atoms with Crippen molar-refractivity contribution in [1.82, 2.24) is 14.8 Å². The third-order valence-electron chi connectivity index (χ3n) is 3.66. The quantitative estimate of drug-likeness (QED) is 0.550. The van der Waals surface area contributed by atoms with Crippen molar-refractivity contribution in [3.8, 4) is 11.3 Å². The molecule has 3 aromatic rings. The summed E-state index contributed by atoms with van der Waals surface area (Å²) in [5.41, 5.74) is -1.80. The zero-order chi connectivity index (χ0) is 19.8. The van der Waals surface area contributed by atoms with Crippen LogP contribution in [0.25, 0.3) is 11.3 Å². The van der Waals surface area contributed by atoms with Crippen LogP contribution in [0.4, 0.5) is 27.8 Å². The molecule has 27 heavy (non-hydrogen) atoms. The number of alkyl halides is 3. The van der Waals surface area contributed by atoms with E-state index in [2.05, 4.69) is 15.4 Å². The van der Waals surface area contributed by atoms with Crippen LogP contribution >= 0.6 is 0 Å². The van der Waals surface area contributed by atoms with Crippen LogP contribution in [-0.2, 0) is 13.2 Å². The molecule has 0 saturated heterocycles. The maximum atomic E-state index is 14.3. The Bertz CT molecular complexity index is 1010. The maximum Gasteiger partial charge on any atom is 0.435 e. The fourth-order valence-electron chi connectivity index (χ4n) is 2.38. The Balaban J connectivity index is 1.88. The van der Waals surface area contributed by atoms with E-state index < -0.39 is 29.5 Å². The van der Waals surface area contributed by atoms with Gasteiger partial charge in [-0.3, -0.25) is 9.48 Å². The van der Waals surface area contributed by atoms with Gasteiger partial charge in [-0.1, -0.05) is 12.1 Å². The van der Waals surface area contributed by atoms with Gasteiger partial charge in [-0.25, -0.2) is 9.37 Å². The summed E-state index contributed by atoms with van der Waals surface area (Å²) in [6.45, 7) is 0. The van der Waals surface area contributed by atoms with E-state index in [1.54, 1.807) is 0 Å². The van der Waals surface area contributed by atoms with E-state index in [4.69, 9.17) is 0 Å². The molecule has 0 radical (unpaired) electrons.